The summed E-state index contributed by atoms with van der Waals surface area (Å²) in [5.74, 6) is 0.133. The number of para-hydroxylation sites is 1. The summed E-state index contributed by atoms with van der Waals surface area (Å²) < 4.78 is 6.12. The molecule has 4 nitrogen and oxygen atoms in total. The van der Waals surface area contributed by atoms with Gasteiger partial charge >= 0.3 is 5.97 Å². The summed E-state index contributed by atoms with van der Waals surface area (Å²) in [6, 6.07) is 8.00. The molecule has 1 saturated carbocycles. The Labute approximate surface area is 126 Å². The van der Waals surface area contributed by atoms with Crippen molar-refractivity contribution in [2.24, 2.45) is 0 Å². The highest BCUT2D eigenvalue weighted by Gasteiger charge is 2.18. The summed E-state index contributed by atoms with van der Waals surface area (Å²) in [5.41, 5.74) is 1.08. The van der Waals surface area contributed by atoms with Crippen molar-refractivity contribution in [3.63, 3.8) is 0 Å². The molecule has 21 heavy (non-hydrogen) atoms. The maximum atomic E-state index is 11.0. The lowest BCUT2D eigenvalue weighted by atomic mass is 10.1. The Kier molecular flexibility index (Phi) is 6.05. The molecule has 0 aliphatic heterocycles. The molecule has 0 bridgehead atoms. The molecule has 116 valence electrons. The molecule has 4 heteroatoms. The number of carboxylic acids is 1. The van der Waals surface area contributed by atoms with Crippen LogP contribution in [0.2, 0.25) is 0 Å². The van der Waals surface area contributed by atoms with Gasteiger partial charge in [0.15, 0.2) is 0 Å². The Bertz CT molecular complexity index is 455. The van der Waals surface area contributed by atoms with Gasteiger partial charge in [-0.05, 0) is 44.7 Å². The van der Waals surface area contributed by atoms with E-state index in [0.29, 0.717) is 12.6 Å². The molecule has 0 amide bonds. The number of aliphatic carboxylic acids is 1. The zero-order valence-corrected chi connectivity index (χ0v) is 12.8. The Morgan fingerprint density at radius 3 is 2.71 bits per heavy atom. The fourth-order valence-corrected chi connectivity index (χ4v) is 2.90. The highest BCUT2D eigenvalue weighted by Crippen LogP contribution is 2.27. The lowest BCUT2D eigenvalue weighted by Gasteiger charge is -2.22. The molecular weight excluding hydrogens is 266 g/mol. The number of ether oxygens (including phenoxy) is 1. The van der Waals surface area contributed by atoms with Crippen molar-refractivity contribution in [3.8, 4) is 5.75 Å². The highest BCUT2D eigenvalue weighted by atomic mass is 16.5. The Morgan fingerprint density at radius 1 is 1.33 bits per heavy atom. The second kappa shape index (κ2) is 8.03. The molecule has 0 saturated heterocycles. The molecule has 1 aromatic carbocycles. The largest absolute Gasteiger partial charge is 0.490 e. The van der Waals surface area contributed by atoms with Crippen LogP contribution in [-0.4, -0.2) is 35.2 Å². The highest BCUT2D eigenvalue weighted by molar-refractivity contribution is 5.69. The predicted molar refractivity (Wildman–Crippen MR) is 82.5 cm³/mol. The number of carboxylic acid groups (broad SMARTS) is 1. The first-order valence-corrected chi connectivity index (χ1v) is 7.87. The van der Waals surface area contributed by atoms with E-state index in [1.807, 2.05) is 29.2 Å². The summed E-state index contributed by atoms with van der Waals surface area (Å²) in [5, 5.41) is 9.01. The van der Waals surface area contributed by atoms with Crippen molar-refractivity contribution in [3.05, 3.63) is 29.8 Å². The van der Waals surface area contributed by atoms with E-state index in [9.17, 15) is 4.79 Å². The first-order chi connectivity index (χ1) is 10.2. The SMILES string of the molecule is CCCN(CC(=O)O)Cc1ccccc1OC1CCCC1. The zero-order valence-electron chi connectivity index (χ0n) is 12.8. The molecular formula is C17H25NO3. The van der Waals surface area contributed by atoms with E-state index >= 15 is 0 Å². The molecule has 1 aliphatic rings. The third-order valence-electron chi connectivity index (χ3n) is 3.86. The van der Waals surface area contributed by atoms with Gasteiger partial charge in [0, 0.05) is 12.1 Å². The molecule has 1 fully saturated rings. The van der Waals surface area contributed by atoms with Crippen LogP contribution in [-0.2, 0) is 11.3 Å². The molecule has 0 radical (unpaired) electrons. The first kappa shape index (κ1) is 15.8. The Hall–Kier alpha value is -1.55. The van der Waals surface area contributed by atoms with Crippen LogP contribution >= 0.6 is 0 Å². The molecule has 2 rings (SSSR count). The number of hydrogen-bond donors (Lipinski definition) is 1. The second-order valence-corrected chi connectivity index (χ2v) is 5.74. The smallest absolute Gasteiger partial charge is 0.317 e. The van der Waals surface area contributed by atoms with Crippen LogP contribution in [0.5, 0.6) is 5.75 Å². The van der Waals surface area contributed by atoms with E-state index in [1.54, 1.807) is 0 Å². The predicted octanol–water partition coefficient (Wildman–Crippen LogP) is 3.30. The van der Waals surface area contributed by atoms with Crippen molar-refractivity contribution in [2.45, 2.75) is 51.7 Å². The van der Waals surface area contributed by atoms with E-state index < -0.39 is 5.97 Å². The molecule has 0 unspecified atom stereocenters. The Morgan fingerprint density at radius 2 is 2.05 bits per heavy atom. The van der Waals surface area contributed by atoms with Gasteiger partial charge in [-0.2, -0.15) is 0 Å². The van der Waals surface area contributed by atoms with Gasteiger partial charge in [-0.15, -0.1) is 0 Å². The average Bonchev–Trinajstić information content (AvgIpc) is 2.93. The van der Waals surface area contributed by atoms with Gasteiger partial charge in [0.05, 0.1) is 12.6 Å². The van der Waals surface area contributed by atoms with Gasteiger partial charge in [-0.25, -0.2) is 0 Å². The number of benzene rings is 1. The van der Waals surface area contributed by atoms with Gasteiger partial charge in [-0.3, -0.25) is 9.69 Å². The van der Waals surface area contributed by atoms with Gasteiger partial charge in [0.1, 0.15) is 5.75 Å². The van der Waals surface area contributed by atoms with E-state index in [1.165, 1.54) is 12.8 Å². The van der Waals surface area contributed by atoms with E-state index in [4.69, 9.17) is 9.84 Å². The molecule has 0 atom stereocenters. The molecule has 1 aromatic rings. The number of nitrogens with zero attached hydrogens (tertiary/aromatic N) is 1. The summed E-state index contributed by atoms with van der Waals surface area (Å²) in [6.07, 6.45) is 6.01. The minimum Gasteiger partial charge on any atom is -0.490 e. The monoisotopic (exact) mass is 291 g/mol. The normalized spacial score (nSPS) is 15.5. The van der Waals surface area contributed by atoms with Gasteiger partial charge in [0.25, 0.3) is 0 Å². The third-order valence-corrected chi connectivity index (χ3v) is 3.86. The van der Waals surface area contributed by atoms with Gasteiger partial charge < -0.3 is 9.84 Å². The topological polar surface area (TPSA) is 49.8 Å². The summed E-state index contributed by atoms with van der Waals surface area (Å²) >= 11 is 0. The molecule has 1 N–H and O–H groups in total. The second-order valence-electron chi connectivity index (χ2n) is 5.74. The maximum absolute atomic E-state index is 11.0. The lowest BCUT2D eigenvalue weighted by molar-refractivity contribution is -0.138. The molecule has 0 heterocycles. The molecule has 0 spiro atoms. The quantitative estimate of drug-likeness (QED) is 0.798. The van der Waals surface area contributed by atoms with E-state index in [-0.39, 0.29) is 6.54 Å². The van der Waals surface area contributed by atoms with E-state index in [0.717, 1.165) is 37.1 Å². The number of rotatable bonds is 8. The van der Waals surface area contributed by atoms with Gasteiger partial charge in [-0.1, -0.05) is 25.1 Å². The lowest BCUT2D eigenvalue weighted by Crippen LogP contribution is -2.30. The summed E-state index contributed by atoms with van der Waals surface area (Å²) in [7, 11) is 0. The number of hydrogen-bond acceptors (Lipinski definition) is 3. The van der Waals surface area contributed by atoms with Crippen LogP contribution in [0.4, 0.5) is 0 Å². The maximum Gasteiger partial charge on any atom is 0.317 e. The molecule has 1 aliphatic carbocycles. The van der Waals surface area contributed by atoms with Crippen molar-refractivity contribution in [2.75, 3.05) is 13.1 Å². The summed E-state index contributed by atoms with van der Waals surface area (Å²) in [6.45, 7) is 3.55. The molecule has 0 aromatic heterocycles. The van der Waals surface area contributed by atoms with Crippen LogP contribution in [0.25, 0.3) is 0 Å². The van der Waals surface area contributed by atoms with Crippen LogP contribution < -0.4 is 4.74 Å². The average molecular weight is 291 g/mol. The van der Waals surface area contributed by atoms with Crippen molar-refractivity contribution >= 4 is 5.97 Å². The van der Waals surface area contributed by atoms with Crippen molar-refractivity contribution in [1.82, 2.24) is 4.90 Å². The van der Waals surface area contributed by atoms with Crippen LogP contribution in [0.1, 0.15) is 44.6 Å². The number of carbonyl (C=O) groups is 1. The van der Waals surface area contributed by atoms with Crippen LogP contribution in [0, 0.1) is 0 Å². The zero-order chi connectivity index (χ0) is 15.1. The van der Waals surface area contributed by atoms with Crippen LogP contribution in [0.15, 0.2) is 24.3 Å². The van der Waals surface area contributed by atoms with Crippen molar-refractivity contribution < 1.29 is 14.6 Å². The van der Waals surface area contributed by atoms with Gasteiger partial charge in [0.2, 0.25) is 0 Å². The minimum atomic E-state index is -0.780. The Balaban J connectivity index is 2.04. The van der Waals surface area contributed by atoms with E-state index in [2.05, 4.69) is 6.92 Å². The fourth-order valence-electron chi connectivity index (χ4n) is 2.90. The summed E-state index contributed by atoms with van der Waals surface area (Å²) in [4.78, 5) is 12.9. The first-order valence-electron chi connectivity index (χ1n) is 7.87. The van der Waals surface area contributed by atoms with Crippen molar-refractivity contribution in [1.29, 1.82) is 0 Å². The van der Waals surface area contributed by atoms with Crippen LogP contribution in [0.3, 0.4) is 0 Å². The third kappa shape index (κ3) is 5.05. The minimum absolute atomic E-state index is 0.0750. The fraction of sp³-hybridized carbons (Fsp3) is 0.588. The standard InChI is InChI=1S/C17H25NO3/c1-2-11-18(13-17(19)20)12-14-7-3-6-10-16(14)21-15-8-4-5-9-15/h3,6-7,10,15H,2,4-5,8-9,11-13H2,1H3,(H,19,20).